The van der Waals surface area contributed by atoms with Crippen molar-refractivity contribution in [3.05, 3.63) is 58.5 Å². The van der Waals surface area contributed by atoms with Crippen LogP contribution in [0.25, 0.3) is 6.08 Å². The van der Waals surface area contributed by atoms with Crippen molar-refractivity contribution in [1.82, 2.24) is 10.3 Å². The molecule has 1 aromatic heterocycles. The van der Waals surface area contributed by atoms with Crippen molar-refractivity contribution in [2.45, 2.75) is 32.5 Å². The molecule has 1 amide bonds. The molecule has 7 nitrogen and oxygen atoms in total. The number of anilines is 2. The lowest BCUT2D eigenvalue weighted by atomic mass is 10.1. The van der Waals surface area contributed by atoms with Gasteiger partial charge in [-0.1, -0.05) is 5.92 Å². The van der Waals surface area contributed by atoms with Crippen LogP contribution in [0.1, 0.15) is 41.6 Å². The van der Waals surface area contributed by atoms with Crippen LogP contribution in [0.15, 0.2) is 30.3 Å². The molecule has 1 saturated heterocycles. The number of carbonyl (C=O) groups excluding carboxylic acids is 1. The van der Waals surface area contributed by atoms with Gasteiger partial charge in [-0.2, -0.15) is 0 Å². The van der Waals surface area contributed by atoms with Gasteiger partial charge in [-0.3, -0.25) is 9.52 Å². The van der Waals surface area contributed by atoms with Gasteiger partial charge in [0.25, 0.3) is 0 Å². The van der Waals surface area contributed by atoms with Crippen LogP contribution in [-0.4, -0.2) is 38.7 Å². The molecule has 0 saturated carbocycles. The minimum atomic E-state index is -3.71. The first-order valence-electron chi connectivity index (χ1n) is 10.7. The van der Waals surface area contributed by atoms with Crippen LogP contribution in [0.5, 0.6) is 0 Å². The number of nitrogens with one attached hydrogen (secondary N) is 2. The Labute approximate surface area is 198 Å². The average molecular weight is 489 g/mol. The molecule has 0 spiro atoms. The predicted octanol–water partition coefficient (Wildman–Crippen LogP) is 3.36. The maximum Gasteiger partial charge on any atom is 0.244 e. The van der Waals surface area contributed by atoms with Gasteiger partial charge in [0, 0.05) is 31.3 Å². The maximum absolute atomic E-state index is 14.4. The first kappa shape index (κ1) is 25.2. The number of sulfonamides is 1. The van der Waals surface area contributed by atoms with Gasteiger partial charge >= 0.3 is 0 Å². The number of rotatable bonds is 8. The molecule has 0 atom stereocenters. The molecular weight excluding hydrogens is 462 g/mol. The van der Waals surface area contributed by atoms with Crippen molar-refractivity contribution in [2.24, 2.45) is 0 Å². The zero-order chi connectivity index (χ0) is 24.7. The highest BCUT2D eigenvalue weighted by Gasteiger charge is 2.16. The lowest BCUT2D eigenvalue weighted by Gasteiger charge is -2.29. The summed E-state index contributed by atoms with van der Waals surface area (Å²) in [5.41, 5.74) is 1.12. The predicted molar refractivity (Wildman–Crippen MR) is 129 cm³/mol. The molecule has 0 unspecified atom stereocenters. The number of pyridine rings is 1. The maximum atomic E-state index is 14.4. The number of hydrogen-bond donors (Lipinski definition) is 2. The SMILES string of the molecule is C#Cc1cc(CNC(=O)/C=C/c2ccc(CF)nc2N2CCCCC2)cc(F)c1NS(C)(=O)=O. The molecule has 10 heteroatoms. The third-order valence-corrected chi connectivity index (χ3v) is 5.80. The molecule has 0 aliphatic carbocycles. The zero-order valence-electron chi connectivity index (χ0n) is 18.8. The van der Waals surface area contributed by atoms with E-state index in [4.69, 9.17) is 6.42 Å². The van der Waals surface area contributed by atoms with Gasteiger partial charge in [0.15, 0.2) is 0 Å². The second-order valence-electron chi connectivity index (χ2n) is 7.97. The summed E-state index contributed by atoms with van der Waals surface area (Å²) in [6.45, 7) is 0.956. The Morgan fingerprint density at radius 1 is 1.26 bits per heavy atom. The molecule has 2 heterocycles. The number of terminal acetylenes is 1. The standard InChI is InChI=1S/C24H26F2N4O3S/c1-3-18-13-17(14-21(26)23(18)29-34(2,32)33)16-27-22(31)10-8-19-7-9-20(15-25)28-24(19)30-11-5-4-6-12-30/h1,7-10,13-14,29H,4-6,11-12,15-16H2,2H3,(H,27,31)/b10-8+. The fourth-order valence-corrected chi connectivity index (χ4v) is 4.22. The largest absolute Gasteiger partial charge is 0.356 e. The Balaban J connectivity index is 1.71. The van der Waals surface area contributed by atoms with Crippen molar-refractivity contribution >= 4 is 33.5 Å². The van der Waals surface area contributed by atoms with Crippen molar-refractivity contribution in [3.63, 3.8) is 0 Å². The van der Waals surface area contributed by atoms with E-state index in [0.717, 1.165) is 44.7 Å². The number of nitrogens with zero attached hydrogens (tertiary/aromatic N) is 2. The summed E-state index contributed by atoms with van der Waals surface area (Å²) < 4.78 is 52.5. The normalized spacial score (nSPS) is 14.1. The number of carbonyl (C=O) groups is 1. The number of alkyl halides is 1. The summed E-state index contributed by atoms with van der Waals surface area (Å²) >= 11 is 0. The molecule has 34 heavy (non-hydrogen) atoms. The first-order valence-corrected chi connectivity index (χ1v) is 12.6. The number of hydrogen-bond acceptors (Lipinski definition) is 5. The van der Waals surface area contributed by atoms with E-state index in [2.05, 4.69) is 25.8 Å². The molecule has 2 aromatic rings. The highest BCUT2D eigenvalue weighted by Crippen LogP contribution is 2.25. The van der Waals surface area contributed by atoms with Crippen LogP contribution in [0, 0.1) is 18.2 Å². The minimum absolute atomic E-state index is 0.0219. The second-order valence-corrected chi connectivity index (χ2v) is 9.72. The Bertz CT molecular complexity index is 1230. The van der Waals surface area contributed by atoms with E-state index in [9.17, 15) is 22.0 Å². The number of halogens is 2. The van der Waals surface area contributed by atoms with Crippen molar-refractivity contribution in [1.29, 1.82) is 0 Å². The van der Waals surface area contributed by atoms with Crippen LogP contribution < -0.4 is 14.9 Å². The number of benzene rings is 1. The minimum Gasteiger partial charge on any atom is -0.356 e. The summed E-state index contributed by atoms with van der Waals surface area (Å²) in [6.07, 6.45) is 12.4. The lowest BCUT2D eigenvalue weighted by molar-refractivity contribution is -0.116. The Morgan fingerprint density at radius 2 is 2.00 bits per heavy atom. The molecule has 2 N–H and O–H groups in total. The van der Waals surface area contributed by atoms with Crippen molar-refractivity contribution in [3.8, 4) is 12.3 Å². The van der Waals surface area contributed by atoms with Crippen LogP contribution >= 0.6 is 0 Å². The molecule has 0 radical (unpaired) electrons. The smallest absolute Gasteiger partial charge is 0.244 e. The summed E-state index contributed by atoms with van der Waals surface area (Å²) in [7, 11) is -3.71. The van der Waals surface area contributed by atoms with Gasteiger partial charge in [0.05, 0.1) is 23.2 Å². The topological polar surface area (TPSA) is 91.4 Å². The molecule has 180 valence electrons. The average Bonchev–Trinajstić information content (AvgIpc) is 2.82. The number of piperidine rings is 1. The van der Waals surface area contributed by atoms with E-state index in [-0.39, 0.29) is 17.8 Å². The quantitative estimate of drug-likeness (QED) is 0.439. The van der Waals surface area contributed by atoms with Crippen LogP contribution in [0.3, 0.4) is 0 Å². The van der Waals surface area contributed by atoms with E-state index in [0.29, 0.717) is 22.6 Å². The Hall–Kier alpha value is -3.45. The van der Waals surface area contributed by atoms with E-state index >= 15 is 0 Å². The van der Waals surface area contributed by atoms with Gasteiger partial charge in [0.1, 0.15) is 18.3 Å². The summed E-state index contributed by atoms with van der Waals surface area (Å²) in [5.74, 6) is 1.62. The second kappa shape index (κ2) is 11.1. The van der Waals surface area contributed by atoms with E-state index in [1.165, 1.54) is 12.1 Å². The van der Waals surface area contributed by atoms with Gasteiger partial charge in [-0.05, 0) is 55.2 Å². The van der Waals surface area contributed by atoms with Crippen LogP contribution in [0.4, 0.5) is 20.3 Å². The molecular formula is C24H26F2N4O3S. The van der Waals surface area contributed by atoms with Crippen LogP contribution in [-0.2, 0) is 28.0 Å². The Morgan fingerprint density at radius 3 is 2.65 bits per heavy atom. The molecule has 1 aliphatic heterocycles. The fourth-order valence-electron chi connectivity index (χ4n) is 3.64. The third-order valence-electron chi connectivity index (χ3n) is 5.23. The van der Waals surface area contributed by atoms with Crippen molar-refractivity contribution in [2.75, 3.05) is 29.0 Å². The highest BCUT2D eigenvalue weighted by molar-refractivity contribution is 7.92. The van der Waals surface area contributed by atoms with E-state index < -0.39 is 28.4 Å². The van der Waals surface area contributed by atoms with E-state index in [1.807, 2.05) is 0 Å². The molecule has 3 rings (SSSR count). The van der Waals surface area contributed by atoms with Gasteiger partial charge in [-0.25, -0.2) is 22.2 Å². The monoisotopic (exact) mass is 488 g/mol. The molecule has 1 aliphatic rings. The van der Waals surface area contributed by atoms with E-state index in [1.54, 1.807) is 18.2 Å². The molecule has 0 bridgehead atoms. The van der Waals surface area contributed by atoms with Gasteiger partial charge < -0.3 is 10.2 Å². The van der Waals surface area contributed by atoms with Gasteiger partial charge in [-0.15, -0.1) is 6.42 Å². The lowest BCUT2D eigenvalue weighted by Crippen LogP contribution is -2.31. The van der Waals surface area contributed by atoms with Crippen LogP contribution in [0.2, 0.25) is 0 Å². The summed E-state index contributed by atoms with van der Waals surface area (Å²) in [5, 5.41) is 2.64. The number of amides is 1. The molecule has 1 aromatic carbocycles. The Kier molecular flexibility index (Phi) is 8.23. The van der Waals surface area contributed by atoms with Gasteiger partial charge in [0.2, 0.25) is 15.9 Å². The fraction of sp³-hybridized carbons (Fsp3) is 0.333. The summed E-state index contributed by atoms with van der Waals surface area (Å²) in [6, 6.07) is 5.85. The molecule has 1 fully saturated rings. The number of aromatic nitrogens is 1. The van der Waals surface area contributed by atoms with Crippen molar-refractivity contribution < 1.29 is 22.0 Å². The zero-order valence-corrected chi connectivity index (χ0v) is 19.6. The summed E-state index contributed by atoms with van der Waals surface area (Å²) in [4.78, 5) is 18.9. The first-order chi connectivity index (χ1) is 16.2. The third kappa shape index (κ3) is 6.78. The highest BCUT2D eigenvalue weighted by atomic mass is 32.2.